The molecule has 0 aliphatic heterocycles. The number of esters is 2. The van der Waals surface area contributed by atoms with Crippen molar-refractivity contribution in [3.63, 3.8) is 0 Å². The lowest BCUT2D eigenvalue weighted by atomic mass is 10.1. The number of amides is 2. The number of rotatable bonds is 24. The van der Waals surface area contributed by atoms with E-state index in [4.69, 9.17) is 4.74 Å². The highest BCUT2D eigenvalue weighted by molar-refractivity contribution is 5.94. The molecule has 0 saturated carbocycles. The third-order valence-corrected chi connectivity index (χ3v) is 5.78. The first-order valence-electron chi connectivity index (χ1n) is 14.9. The smallest absolute Gasteiger partial charge is 0.330 e. The van der Waals surface area contributed by atoms with Crippen LogP contribution in [0.4, 0.5) is 0 Å². The summed E-state index contributed by atoms with van der Waals surface area (Å²) in [6.07, 6.45) is 28.8. The summed E-state index contributed by atoms with van der Waals surface area (Å²) in [4.78, 5) is 47.8. The van der Waals surface area contributed by atoms with E-state index in [0.717, 1.165) is 44.3 Å². The summed E-state index contributed by atoms with van der Waals surface area (Å²) in [5, 5.41) is 23.6. The highest BCUT2D eigenvalue weighted by atomic mass is 16.6. The zero-order chi connectivity index (χ0) is 32.0. The quantitative estimate of drug-likeness (QED) is 0.0562. The van der Waals surface area contributed by atoms with Crippen molar-refractivity contribution in [1.29, 1.82) is 0 Å². The number of methoxy groups -OCH3 is 1. The van der Waals surface area contributed by atoms with E-state index in [1.54, 1.807) is 0 Å². The van der Waals surface area contributed by atoms with Gasteiger partial charge in [-0.05, 0) is 57.8 Å². The third kappa shape index (κ3) is 24.5. The van der Waals surface area contributed by atoms with E-state index in [1.165, 1.54) is 7.11 Å². The van der Waals surface area contributed by atoms with Gasteiger partial charge in [-0.25, -0.2) is 9.59 Å². The van der Waals surface area contributed by atoms with Gasteiger partial charge < -0.3 is 30.3 Å². The molecule has 2 amide bonds. The first-order chi connectivity index (χ1) is 20.9. The Morgan fingerprint density at radius 1 is 0.767 bits per heavy atom. The fraction of sp³-hybridized carbons (Fsp3) is 0.515. The maximum atomic E-state index is 12.5. The second-order valence-corrected chi connectivity index (χ2v) is 9.43. The summed E-state index contributed by atoms with van der Waals surface area (Å²) in [5.74, 6) is -2.28. The van der Waals surface area contributed by atoms with Gasteiger partial charge in [0.25, 0.3) is 0 Å². The molecule has 0 rings (SSSR count). The number of aliphatic hydroxyl groups excluding tert-OH is 2. The highest BCUT2D eigenvalue weighted by Gasteiger charge is 2.24. The third-order valence-electron chi connectivity index (χ3n) is 5.78. The lowest BCUT2D eigenvalue weighted by Gasteiger charge is -2.20. The van der Waals surface area contributed by atoms with E-state index in [0.29, 0.717) is 19.3 Å². The van der Waals surface area contributed by atoms with E-state index in [1.807, 2.05) is 12.2 Å². The summed E-state index contributed by atoms with van der Waals surface area (Å²) >= 11 is 0. The predicted octanol–water partition coefficient (Wildman–Crippen LogP) is 3.91. The van der Waals surface area contributed by atoms with Gasteiger partial charge in [-0.2, -0.15) is 0 Å². The Hall–Kier alpha value is -3.76. The second kappa shape index (κ2) is 28.4. The molecule has 0 aromatic heterocycles. The van der Waals surface area contributed by atoms with E-state index in [2.05, 4.69) is 70.9 Å². The van der Waals surface area contributed by atoms with Gasteiger partial charge in [0, 0.05) is 25.1 Å². The minimum Gasteiger partial charge on any atom is -0.466 e. The van der Waals surface area contributed by atoms with Crippen molar-refractivity contribution >= 4 is 23.8 Å². The fourth-order valence-electron chi connectivity index (χ4n) is 3.43. The molecule has 1 atom stereocenters. The molecule has 0 aliphatic rings. The first-order valence-corrected chi connectivity index (χ1v) is 14.9. The lowest BCUT2D eigenvalue weighted by molar-refractivity contribution is -0.157. The van der Waals surface area contributed by atoms with Crippen LogP contribution in [0.2, 0.25) is 0 Å². The first kappa shape index (κ1) is 39.2. The number of hydrogen-bond donors (Lipinski definition) is 4. The van der Waals surface area contributed by atoms with Crippen LogP contribution in [0.3, 0.4) is 0 Å². The summed E-state index contributed by atoms with van der Waals surface area (Å²) in [5.41, 5.74) is 0. The van der Waals surface area contributed by atoms with Crippen LogP contribution in [0.15, 0.2) is 72.9 Å². The fourth-order valence-corrected chi connectivity index (χ4v) is 3.43. The van der Waals surface area contributed by atoms with Crippen molar-refractivity contribution in [2.75, 3.05) is 26.9 Å². The number of carbonyl (C=O) groups is 4. The number of carbonyl (C=O) groups excluding carboxylic acids is 4. The topological polar surface area (TPSA) is 151 Å². The molecular formula is C33H50N2O8. The summed E-state index contributed by atoms with van der Waals surface area (Å²) in [6, 6.07) is -1.01. The van der Waals surface area contributed by atoms with Crippen LogP contribution in [-0.4, -0.2) is 73.0 Å². The van der Waals surface area contributed by atoms with Gasteiger partial charge in [0.1, 0.15) is 12.1 Å². The van der Waals surface area contributed by atoms with Crippen LogP contribution in [0.5, 0.6) is 0 Å². The average molecular weight is 603 g/mol. The molecule has 4 N–H and O–H groups in total. The number of nitrogens with one attached hydrogen (secondary N) is 2. The van der Waals surface area contributed by atoms with E-state index >= 15 is 0 Å². The molecule has 1 unspecified atom stereocenters. The van der Waals surface area contributed by atoms with Gasteiger partial charge in [-0.1, -0.05) is 67.7 Å². The molecule has 10 heteroatoms. The summed E-state index contributed by atoms with van der Waals surface area (Å²) in [7, 11) is 1.20. The van der Waals surface area contributed by atoms with Crippen LogP contribution in [0.1, 0.15) is 71.1 Å². The van der Waals surface area contributed by atoms with Crippen LogP contribution >= 0.6 is 0 Å². The molecule has 0 fully saturated rings. The van der Waals surface area contributed by atoms with Crippen molar-refractivity contribution < 1.29 is 38.9 Å². The highest BCUT2D eigenvalue weighted by Crippen LogP contribution is 2.06. The van der Waals surface area contributed by atoms with Gasteiger partial charge in [-0.3, -0.25) is 9.59 Å². The largest absolute Gasteiger partial charge is 0.466 e. The Kier molecular flexibility index (Phi) is 25.9. The molecule has 0 spiro atoms. The Morgan fingerprint density at radius 2 is 1.33 bits per heavy atom. The molecule has 0 aromatic rings. The number of unbranched alkanes of at least 4 members (excludes halogenated alkanes) is 1. The maximum Gasteiger partial charge on any atom is 0.330 e. The SMILES string of the molecule is CC/C=C\C/C=C\C/C=C\C/C=C\C/C=C\CCCC(=O)NC(CCCNC(=O)/C=C/C(=O)OC)C(=O)OC(CO)CO. The maximum absolute atomic E-state index is 12.5. The van der Waals surface area contributed by atoms with Gasteiger partial charge in [0.2, 0.25) is 11.8 Å². The Labute approximate surface area is 256 Å². The minimum atomic E-state index is -1.09. The molecule has 10 nitrogen and oxygen atoms in total. The van der Waals surface area contributed by atoms with Crippen molar-refractivity contribution in [2.24, 2.45) is 0 Å². The number of allylic oxidation sites excluding steroid dienone is 10. The zero-order valence-electron chi connectivity index (χ0n) is 25.6. The predicted molar refractivity (Wildman–Crippen MR) is 168 cm³/mol. The molecule has 0 aromatic carbocycles. The molecule has 0 saturated heterocycles. The Morgan fingerprint density at radius 3 is 1.86 bits per heavy atom. The zero-order valence-corrected chi connectivity index (χ0v) is 25.6. The van der Waals surface area contributed by atoms with Crippen molar-refractivity contribution in [2.45, 2.75) is 83.3 Å². The van der Waals surface area contributed by atoms with Crippen molar-refractivity contribution in [3.8, 4) is 0 Å². The summed E-state index contributed by atoms with van der Waals surface area (Å²) in [6.45, 7) is 1.19. The van der Waals surface area contributed by atoms with E-state index in [-0.39, 0.29) is 25.3 Å². The van der Waals surface area contributed by atoms with Gasteiger partial charge in [0.15, 0.2) is 0 Å². The standard InChI is InChI=1S/C33H50N2O8/c1-3-4-5-6-7-8-9-10-11-12-13-14-15-16-17-18-19-22-31(39)35-29(33(41)43-28(26-36)27-37)21-20-25-34-30(38)23-24-32(40)42-2/h4-5,7-8,10-11,13-14,16-17,23-24,28-29,36-37H,3,6,9,12,15,18-22,25-27H2,1-2H3,(H,34,38)(H,35,39)/b5-4-,8-7-,11-10-,14-13-,17-16-,24-23+. The Balaban J connectivity index is 4.42. The van der Waals surface area contributed by atoms with Crippen LogP contribution in [0, 0.1) is 0 Å². The van der Waals surface area contributed by atoms with Crippen molar-refractivity contribution in [1.82, 2.24) is 10.6 Å². The molecule has 0 heterocycles. The normalized spacial score (nSPS) is 12.9. The average Bonchev–Trinajstić information content (AvgIpc) is 3.01. The second-order valence-electron chi connectivity index (χ2n) is 9.43. The molecule has 240 valence electrons. The molecule has 0 radical (unpaired) electrons. The molecule has 0 bridgehead atoms. The van der Waals surface area contributed by atoms with Gasteiger partial charge >= 0.3 is 11.9 Å². The van der Waals surface area contributed by atoms with Crippen molar-refractivity contribution in [3.05, 3.63) is 72.9 Å². The molecule has 43 heavy (non-hydrogen) atoms. The van der Waals surface area contributed by atoms with Gasteiger partial charge in [0.05, 0.1) is 20.3 Å². The molecular weight excluding hydrogens is 552 g/mol. The molecule has 0 aliphatic carbocycles. The lowest BCUT2D eigenvalue weighted by Crippen LogP contribution is -2.44. The van der Waals surface area contributed by atoms with Gasteiger partial charge in [-0.15, -0.1) is 0 Å². The number of ether oxygens (including phenoxy) is 2. The summed E-state index contributed by atoms with van der Waals surface area (Å²) < 4.78 is 9.49. The number of aliphatic hydroxyl groups is 2. The van der Waals surface area contributed by atoms with E-state index < -0.39 is 43.2 Å². The Bertz CT molecular complexity index is 962. The minimum absolute atomic E-state index is 0.157. The van der Waals surface area contributed by atoms with E-state index in [9.17, 15) is 29.4 Å². The van der Waals surface area contributed by atoms with Crippen LogP contribution < -0.4 is 10.6 Å². The monoisotopic (exact) mass is 602 g/mol. The van der Waals surface area contributed by atoms with Crippen LogP contribution in [-0.2, 0) is 28.7 Å². The number of hydrogen-bond acceptors (Lipinski definition) is 8. The van der Waals surface area contributed by atoms with Crippen LogP contribution in [0.25, 0.3) is 0 Å².